The molecule has 1 unspecified atom stereocenters. The molecule has 4 rings (SSSR count). The minimum absolute atomic E-state index is 0.247. The van der Waals surface area contributed by atoms with Crippen LogP contribution in [-0.2, 0) is 0 Å². The van der Waals surface area contributed by atoms with Gasteiger partial charge in [-0.2, -0.15) is 0 Å². The van der Waals surface area contributed by atoms with Crippen LogP contribution >= 0.6 is 0 Å². The molecule has 1 fully saturated rings. The summed E-state index contributed by atoms with van der Waals surface area (Å²) in [7, 11) is 0. The fourth-order valence-corrected chi connectivity index (χ4v) is 3.56. The molecule has 1 N–H and O–H groups in total. The van der Waals surface area contributed by atoms with E-state index >= 15 is 0 Å². The van der Waals surface area contributed by atoms with E-state index in [4.69, 9.17) is 0 Å². The first kappa shape index (κ1) is 18.2. The number of nitrogens with zero attached hydrogens (tertiary/aromatic N) is 5. The van der Waals surface area contributed by atoms with E-state index < -0.39 is 0 Å². The van der Waals surface area contributed by atoms with Crippen LogP contribution in [0.15, 0.2) is 49.2 Å². The second kappa shape index (κ2) is 7.80. The van der Waals surface area contributed by atoms with Crippen LogP contribution in [0.4, 0.5) is 11.5 Å². The zero-order chi connectivity index (χ0) is 19.5. The van der Waals surface area contributed by atoms with E-state index in [0.29, 0.717) is 17.6 Å². The Bertz CT molecular complexity index is 982. The molecular formula is C21H24N6O. The number of rotatable bonds is 4. The van der Waals surface area contributed by atoms with E-state index in [9.17, 15) is 4.79 Å². The zero-order valence-corrected chi connectivity index (χ0v) is 16.2. The highest BCUT2D eigenvalue weighted by atomic mass is 16.1. The number of nitrogens with one attached hydrogen (secondary N) is 1. The van der Waals surface area contributed by atoms with Gasteiger partial charge in [0.15, 0.2) is 0 Å². The van der Waals surface area contributed by atoms with Gasteiger partial charge in [-0.25, -0.2) is 15.0 Å². The number of aryl methyl sites for hydroxylation is 1. The molecule has 7 nitrogen and oxygen atoms in total. The van der Waals surface area contributed by atoms with E-state index in [0.717, 1.165) is 23.6 Å². The fraction of sp³-hybridized carbons (Fsp3) is 0.333. The summed E-state index contributed by atoms with van der Waals surface area (Å²) in [5, 5.41) is 2.88. The SMILES string of the molecule is Cc1cccc(NC(=O)c2cn(-c3cc(N4CCCCC4C)ncn3)cn2)c1. The predicted molar refractivity (Wildman–Crippen MR) is 109 cm³/mol. The van der Waals surface area contributed by atoms with Gasteiger partial charge in [-0.05, 0) is 50.8 Å². The molecule has 1 aromatic carbocycles. The lowest BCUT2D eigenvalue weighted by Crippen LogP contribution is -2.38. The van der Waals surface area contributed by atoms with Crippen LogP contribution in [0.3, 0.4) is 0 Å². The van der Waals surface area contributed by atoms with Crippen molar-refractivity contribution in [1.29, 1.82) is 0 Å². The zero-order valence-electron chi connectivity index (χ0n) is 16.2. The van der Waals surface area contributed by atoms with Crippen LogP contribution in [0, 0.1) is 6.92 Å². The molecule has 0 bridgehead atoms. The van der Waals surface area contributed by atoms with Crippen LogP contribution in [-0.4, -0.2) is 38.0 Å². The van der Waals surface area contributed by atoms with E-state index in [1.807, 2.05) is 37.3 Å². The van der Waals surface area contributed by atoms with Gasteiger partial charge in [-0.15, -0.1) is 0 Å². The predicted octanol–water partition coefficient (Wildman–Crippen LogP) is 3.60. The minimum Gasteiger partial charge on any atom is -0.354 e. The maximum absolute atomic E-state index is 12.5. The molecule has 3 aromatic rings. The highest BCUT2D eigenvalue weighted by molar-refractivity contribution is 6.02. The summed E-state index contributed by atoms with van der Waals surface area (Å²) in [5.74, 6) is 1.37. The van der Waals surface area contributed by atoms with Crippen molar-refractivity contribution in [3.63, 3.8) is 0 Å². The molecule has 1 saturated heterocycles. The third-order valence-corrected chi connectivity index (χ3v) is 5.09. The highest BCUT2D eigenvalue weighted by Gasteiger charge is 2.20. The maximum atomic E-state index is 12.5. The van der Waals surface area contributed by atoms with E-state index in [-0.39, 0.29) is 5.91 Å². The molecule has 0 aliphatic carbocycles. The molecule has 3 heterocycles. The van der Waals surface area contributed by atoms with Crippen molar-refractivity contribution in [3.8, 4) is 5.82 Å². The summed E-state index contributed by atoms with van der Waals surface area (Å²) in [6.45, 7) is 5.22. The van der Waals surface area contributed by atoms with Gasteiger partial charge in [-0.3, -0.25) is 9.36 Å². The summed E-state index contributed by atoms with van der Waals surface area (Å²) in [6.07, 6.45) is 8.48. The lowest BCUT2D eigenvalue weighted by Gasteiger charge is -2.34. The number of piperidine rings is 1. The van der Waals surface area contributed by atoms with Gasteiger partial charge in [0.1, 0.15) is 30.0 Å². The molecular weight excluding hydrogens is 352 g/mol. The number of aromatic nitrogens is 4. The summed E-state index contributed by atoms with van der Waals surface area (Å²) >= 11 is 0. The number of hydrogen-bond acceptors (Lipinski definition) is 5. The van der Waals surface area contributed by atoms with Gasteiger partial charge in [0.25, 0.3) is 5.91 Å². The number of benzene rings is 1. The van der Waals surface area contributed by atoms with Crippen molar-refractivity contribution >= 4 is 17.4 Å². The average molecular weight is 376 g/mol. The van der Waals surface area contributed by atoms with Crippen LogP contribution < -0.4 is 10.2 Å². The maximum Gasteiger partial charge on any atom is 0.275 e. The van der Waals surface area contributed by atoms with Crippen molar-refractivity contribution in [2.24, 2.45) is 0 Å². The third kappa shape index (κ3) is 3.88. The number of amides is 1. The first-order valence-electron chi connectivity index (χ1n) is 9.61. The quantitative estimate of drug-likeness (QED) is 0.753. The van der Waals surface area contributed by atoms with Crippen LogP contribution in [0.2, 0.25) is 0 Å². The molecule has 1 amide bonds. The monoisotopic (exact) mass is 376 g/mol. The number of carbonyl (C=O) groups is 1. The van der Waals surface area contributed by atoms with E-state index in [2.05, 4.69) is 32.1 Å². The third-order valence-electron chi connectivity index (χ3n) is 5.09. The second-order valence-electron chi connectivity index (χ2n) is 7.26. The molecule has 1 atom stereocenters. The number of carbonyl (C=O) groups excluding carboxylic acids is 1. The number of anilines is 2. The smallest absolute Gasteiger partial charge is 0.275 e. The van der Waals surface area contributed by atoms with Gasteiger partial charge >= 0.3 is 0 Å². The van der Waals surface area contributed by atoms with Gasteiger partial charge in [0, 0.05) is 30.5 Å². The van der Waals surface area contributed by atoms with Gasteiger partial charge in [0.05, 0.1) is 0 Å². The Hall–Kier alpha value is -3.22. The molecule has 0 saturated carbocycles. The van der Waals surface area contributed by atoms with Gasteiger partial charge < -0.3 is 10.2 Å². The summed E-state index contributed by atoms with van der Waals surface area (Å²) in [6, 6.07) is 10.1. The average Bonchev–Trinajstić information content (AvgIpc) is 3.19. The molecule has 2 aromatic heterocycles. The fourth-order valence-electron chi connectivity index (χ4n) is 3.56. The van der Waals surface area contributed by atoms with Crippen LogP contribution in [0.25, 0.3) is 5.82 Å². The lowest BCUT2D eigenvalue weighted by molar-refractivity contribution is 0.102. The normalized spacial score (nSPS) is 16.8. The lowest BCUT2D eigenvalue weighted by atomic mass is 10.0. The first-order valence-corrected chi connectivity index (χ1v) is 9.61. The Morgan fingerprint density at radius 3 is 2.82 bits per heavy atom. The largest absolute Gasteiger partial charge is 0.354 e. The van der Waals surface area contributed by atoms with Crippen LogP contribution in [0.5, 0.6) is 0 Å². The Morgan fingerprint density at radius 2 is 2.00 bits per heavy atom. The van der Waals surface area contributed by atoms with Crippen molar-refractivity contribution in [3.05, 3.63) is 60.4 Å². The van der Waals surface area contributed by atoms with Gasteiger partial charge in [0.2, 0.25) is 0 Å². The minimum atomic E-state index is -0.247. The van der Waals surface area contributed by atoms with E-state index in [1.54, 1.807) is 23.4 Å². The van der Waals surface area contributed by atoms with Crippen LogP contribution in [0.1, 0.15) is 42.2 Å². The highest BCUT2D eigenvalue weighted by Crippen LogP contribution is 2.23. The Balaban J connectivity index is 1.52. The van der Waals surface area contributed by atoms with Crippen molar-refractivity contribution in [2.45, 2.75) is 39.2 Å². The molecule has 144 valence electrons. The summed E-state index contributed by atoms with van der Waals surface area (Å²) in [5.41, 5.74) is 2.18. The van der Waals surface area contributed by atoms with E-state index in [1.165, 1.54) is 19.3 Å². The first-order chi connectivity index (χ1) is 13.6. The number of imidazole rings is 1. The molecule has 1 aliphatic rings. The molecule has 0 radical (unpaired) electrons. The molecule has 7 heteroatoms. The summed E-state index contributed by atoms with van der Waals surface area (Å²) < 4.78 is 1.75. The molecule has 1 aliphatic heterocycles. The van der Waals surface area contributed by atoms with Crippen molar-refractivity contribution < 1.29 is 4.79 Å². The topological polar surface area (TPSA) is 75.9 Å². The van der Waals surface area contributed by atoms with Crippen molar-refractivity contribution in [1.82, 2.24) is 19.5 Å². The molecule has 28 heavy (non-hydrogen) atoms. The molecule has 0 spiro atoms. The Kier molecular flexibility index (Phi) is 5.06. The Morgan fingerprint density at radius 1 is 1.14 bits per heavy atom. The summed E-state index contributed by atoms with van der Waals surface area (Å²) in [4.78, 5) is 27.9. The number of hydrogen-bond donors (Lipinski definition) is 1. The standard InChI is InChI=1S/C21H24N6O/c1-15-6-5-8-17(10-15)25-21(28)18-12-26(14-24-18)19-11-20(23-13-22-19)27-9-4-3-7-16(27)2/h5-6,8,10-14,16H,3-4,7,9H2,1-2H3,(H,25,28). The van der Waals surface area contributed by atoms with Gasteiger partial charge in [-0.1, -0.05) is 12.1 Å². The van der Waals surface area contributed by atoms with Crippen molar-refractivity contribution in [2.75, 3.05) is 16.8 Å². The second-order valence-corrected chi connectivity index (χ2v) is 7.26. The Labute approximate surface area is 164 Å².